The highest BCUT2D eigenvalue weighted by Crippen LogP contribution is 2.27. The summed E-state index contributed by atoms with van der Waals surface area (Å²) in [4.78, 5) is 14.4. The van der Waals surface area contributed by atoms with Crippen molar-refractivity contribution in [3.05, 3.63) is 102 Å². The molecule has 0 aliphatic heterocycles. The Morgan fingerprint density at radius 3 is 2.04 bits per heavy atom. The summed E-state index contributed by atoms with van der Waals surface area (Å²) in [7, 11) is 1.91. The van der Waals surface area contributed by atoms with Gasteiger partial charge in [-0.15, -0.1) is 0 Å². The molecule has 0 aliphatic carbocycles. The molecule has 0 heterocycles. The van der Waals surface area contributed by atoms with Gasteiger partial charge in [-0.05, 0) is 36.4 Å². The van der Waals surface area contributed by atoms with Crippen LogP contribution in [0.1, 0.15) is 17.2 Å². The number of amides is 1. The number of halogens is 1. The van der Waals surface area contributed by atoms with E-state index in [1.54, 1.807) is 12.1 Å². The van der Waals surface area contributed by atoms with Crippen LogP contribution in [0.3, 0.4) is 0 Å². The Bertz CT molecular complexity index is 813. The van der Waals surface area contributed by atoms with Crippen molar-refractivity contribution in [2.75, 3.05) is 18.9 Å². The molecule has 132 valence electrons. The maximum atomic E-state index is 13.3. The first-order valence-electron chi connectivity index (χ1n) is 8.49. The molecule has 0 atom stereocenters. The quantitative estimate of drug-likeness (QED) is 0.712. The third-order valence-corrected chi connectivity index (χ3v) is 4.17. The summed E-state index contributed by atoms with van der Waals surface area (Å²) in [5, 5.41) is 2.75. The number of hydrogen-bond donors (Lipinski definition) is 1. The zero-order valence-electron chi connectivity index (χ0n) is 14.6. The monoisotopic (exact) mass is 348 g/mol. The number of nitrogens with one attached hydrogen (secondary N) is 1. The van der Waals surface area contributed by atoms with Crippen LogP contribution in [0.25, 0.3) is 0 Å². The molecule has 0 radical (unpaired) electrons. The fraction of sp³-hybridized carbons (Fsp3) is 0.136. The van der Waals surface area contributed by atoms with Crippen LogP contribution in [0, 0.1) is 5.82 Å². The largest absolute Gasteiger partial charge is 0.325 e. The van der Waals surface area contributed by atoms with Gasteiger partial charge in [-0.25, -0.2) is 4.39 Å². The molecular weight excluding hydrogens is 327 g/mol. The van der Waals surface area contributed by atoms with Crippen LogP contribution in [0.5, 0.6) is 0 Å². The zero-order chi connectivity index (χ0) is 18.4. The van der Waals surface area contributed by atoms with Gasteiger partial charge in [0.05, 0.1) is 12.6 Å². The van der Waals surface area contributed by atoms with Gasteiger partial charge in [-0.3, -0.25) is 9.69 Å². The van der Waals surface area contributed by atoms with Crippen molar-refractivity contribution >= 4 is 11.6 Å². The van der Waals surface area contributed by atoms with E-state index in [-0.39, 0.29) is 24.3 Å². The standard InChI is InChI=1S/C22H21FN2O/c1-25(16-21(26)24-20-14-8-13-19(23)15-20)22(17-9-4-2-5-10-17)18-11-6-3-7-12-18/h2-15,22H,16H2,1H3,(H,24,26). The van der Waals surface area contributed by atoms with Gasteiger partial charge >= 0.3 is 0 Å². The summed E-state index contributed by atoms with van der Waals surface area (Å²) in [6.07, 6.45) is 0. The van der Waals surface area contributed by atoms with Crippen LogP contribution in [0.4, 0.5) is 10.1 Å². The average molecular weight is 348 g/mol. The summed E-state index contributed by atoms with van der Waals surface area (Å²) in [6.45, 7) is 0.185. The molecule has 0 fully saturated rings. The van der Waals surface area contributed by atoms with Gasteiger partial charge in [-0.1, -0.05) is 66.7 Å². The molecule has 3 nitrogen and oxygen atoms in total. The number of nitrogens with zero attached hydrogens (tertiary/aromatic N) is 1. The molecule has 0 saturated heterocycles. The second-order valence-electron chi connectivity index (χ2n) is 6.20. The highest BCUT2D eigenvalue weighted by Gasteiger charge is 2.21. The van der Waals surface area contributed by atoms with Crippen molar-refractivity contribution in [1.82, 2.24) is 4.90 Å². The van der Waals surface area contributed by atoms with Crippen LogP contribution in [-0.2, 0) is 4.79 Å². The number of likely N-dealkylation sites (N-methyl/N-ethyl adjacent to an activating group) is 1. The molecule has 0 unspecified atom stereocenters. The Kier molecular flexibility index (Phi) is 5.77. The molecule has 0 spiro atoms. The summed E-state index contributed by atoms with van der Waals surface area (Å²) in [5.41, 5.74) is 2.68. The molecular formula is C22H21FN2O. The van der Waals surface area contributed by atoms with Gasteiger partial charge in [0, 0.05) is 5.69 Å². The van der Waals surface area contributed by atoms with Crippen LogP contribution in [-0.4, -0.2) is 24.4 Å². The molecule has 1 amide bonds. The number of anilines is 1. The number of hydrogen-bond acceptors (Lipinski definition) is 2. The Morgan fingerprint density at radius 1 is 0.923 bits per heavy atom. The Balaban J connectivity index is 1.77. The molecule has 26 heavy (non-hydrogen) atoms. The maximum Gasteiger partial charge on any atom is 0.238 e. The normalized spacial score (nSPS) is 10.9. The van der Waals surface area contributed by atoms with Crippen LogP contribution >= 0.6 is 0 Å². The van der Waals surface area contributed by atoms with E-state index in [9.17, 15) is 9.18 Å². The number of carbonyl (C=O) groups excluding carboxylic acids is 1. The van der Waals surface area contributed by atoms with Gasteiger partial charge in [0.1, 0.15) is 5.82 Å². The lowest BCUT2D eigenvalue weighted by Gasteiger charge is -2.28. The lowest BCUT2D eigenvalue weighted by atomic mass is 9.97. The lowest BCUT2D eigenvalue weighted by molar-refractivity contribution is -0.117. The number of rotatable bonds is 6. The molecule has 3 aromatic rings. The molecule has 0 bridgehead atoms. The van der Waals surface area contributed by atoms with Crippen molar-refractivity contribution in [3.8, 4) is 0 Å². The Labute approximate surface area is 153 Å². The predicted octanol–water partition coefficient (Wildman–Crippen LogP) is 4.49. The minimum atomic E-state index is -0.373. The minimum Gasteiger partial charge on any atom is -0.325 e. The highest BCUT2D eigenvalue weighted by atomic mass is 19.1. The van der Waals surface area contributed by atoms with E-state index >= 15 is 0 Å². The Hall–Kier alpha value is -2.98. The maximum absolute atomic E-state index is 13.3. The summed E-state index contributed by atoms with van der Waals surface area (Å²) >= 11 is 0. The van der Waals surface area contributed by atoms with E-state index in [4.69, 9.17) is 0 Å². The fourth-order valence-electron chi connectivity index (χ4n) is 3.06. The summed E-state index contributed by atoms with van der Waals surface area (Å²) in [6, 6.07) is 26.0. The molecule has 0 saturated carbocycles. The zero-order valence-corrected chi connectivity index (χ0v) is 14.6. The van der Waals surface area contributed by atoms with Gasteiger partial charge < -0.3 is 5.32 Å². The second-order valence-corrected chi connectivity index (χ2v) is 6.20. The second kappa shape index (κ2) is 8.41. The van der Waals surface area contributed by atoms with E-state index in [0.717, 1.165) is 11.1 Å². The van der Waals surface area contributed by atoms with E-state index in [1.807, 2.05) is 48.3 Å². The third-order valence-electron chi connectivity index (χ3n) is 4.17. The number of carbonyl (C=O) groups is 1. The van der Waals surface area contributed by atoms with E-state index in [0.29, 0.717) is 5.69 Å². The van der Waals surface area contributed by atoms with Crippen molar-refractivity contribution in [3.63, 3.8) is 0 Å². The first-order valence-corrected chi connectivity index (χ1v) is 8.49. The minimum absolute atomic E-state index is 0.0457. The van der Waals surface area contributed by atoms with E-state index in [1.165, 1.54) is 12.1 Å². The van der Waals surface area contributed by atoms with Crippen molar-refractivity contribution in [2.24, 2.45) is 0 Å². The first kappa shape index (κ1) is 17.8. The van der Waals surface area contributed by atoms with Crippen LogP contribution < -0.4 is 5.32 Å². The van der Waals surface area contributed by atoms with Gasteiger partial charge in [0.25, 0.3) is 0 Å². The number of benzene rings is 3. The third kappa shape index (κ3) is 4.55. The fourth-order valence-corrected chi connectivity index (χ4v) is 3.06. The van der Waals surface area contributed by atoms with Crippen LogP contribution in [0.15, 0.2) is 84.9 Å². The SMILES string of the molecule is CN(CC(=O)Nc1cccc(F)c1)C(c1ccccc1)c1ccccc1. The van der Waals surface area contributed by atoms with Crippen LogP contribution in [0.2, 0.25) is 0 Å². The van der Waals surface area contributed by atoms with E-state index in [2.05, 4.69) is 29.6 Å². The molecule has 1 N–H and O–H groups in total. The van der Waals surface area contributed by atoms with Gasteiger partial charge in [0.15, 0.2) is 0 Å². The summed E-state index contributed by atoms with van der Waals surface area (Å²) in [5.74, 6) is -0.558. The summed E-state index contributed by atoms with van der Waals surface area (Å²) < 4.78 is 13.3. The highest BCUT2D eigenvalue weighted by molar-refractivity contribution is 5.92. The van der Waals surface area contributed by atoms with Gasteiger partial charge in [-0.2, -0.15) is 0 Å². The Morgan fingerprint density at radius 2 is 1.50 bits per heavy atom. The average Bonchev–Trinajstić information content (AvgIpc) is 2.63. The van der Waals surface area contributed by atoms with Crippen molar-refractivity contribution in [2.45, 2.75) is 6.04 Å². The molecule has 4 heteroatoms. The van der Waals surface area contributed by atoms with Crippen molar-refractivity contribution < 1.29 is 9.18 Å². The van der Waals surface area contributed by atoms with Gasteiger partial charge in [0.2, 0.25) is 5.91 Å². The molecule has 0 aliphatic rings. The smallest absolute Gasteiger partial charge is 0.238 e. The van der Waals surface area contributed by atoms with E-state index < -0.39 is 0 Å². The molecule has 3 rings (SSSR count). The predicted molar refractivity (Wildman–Crippen MR) is 102 cm³/mol. The van der Waals surface area contributed by atoms with Crippen molar-refractivity contribution in [1.29, 1.82) is 0 Å². The topological polar surface area (TPSA) is 32.3 Å². The molecule has 0 aromatic heterocycles. The lowest BCUT2D eigenvalue weighted by Crippen LogP contribution is -2.33. The molecule has 3 aromatic carbocycles. The first-order chi connectivity index (χ1) is 12.6.